The van der Waals surface area contributed by atoms with Gasteiger partial charge in [-0.05, 0) is 29.7 Å². The zero-order chi connectivity index (χ0) is 14.8. The highest BCUT2D eigenvalue weighted by molar-refractivity contribution is 5.59. The van der Waals surface area contributed by atoms with Crippen molar-refractivity contribution in [2.24, 2.45) is 0 Å². The third-order valence-electron chi connectivity index (χ3n) is 4.45. The van der Waals surface area contributed by atoms with Crippen LogP contribution in [0.1, 0.15) is 29.2 Å². The second-order valence-electron chi connectivity index (χ2n) is 5.82. The average Bonchev–Trinajstić information content (AvgIpc) is 3.10. The first-order chi connectivity index (χ1) is 10.9. The number of aromatic nitrogens is 2. The van der Waals surface area contributed by atoms with Crippen LogP contribution in [0.25, 0.3) is 0 Å². The third-order valence-corrected chi connectivity index (χ3v) is 4.45. The number of benzene rings is 2. The van der Waals surface area contributed by atoms with Gasteiger partial charge in [-0.2, -0.15) is 5.10 Å². The molecule has 2 heterocycles. The molecular weight excluding hydrogens is 270 g/mol. The summed E-state index contributed by atoms with van der Waals surface area (Å²) in [4.78, 5) is 2.48. The summed E-state index contributed by atoms with van der Waals surface area (Å²) < 4.78 is 0. The van der Waals surface area contributed by atoms with E-state index in [2.05, 4.69) is 75.8 Å². The number of hydrogen-bond donors (Lipinski definition) is 1. The fourth-order valence-electron chi connectivity index (χ4n) is 3.38. The highest BCUT2D eigenvalue weighted by Gasteiger charge is 2.26. The van der Waals surface area contributed by atoms with Crippen LogP contribution in [0.3, 0.4) is 0 Å². The van der Waals surface area contributed by atoms with E-state index >= 15 is 0 Å². The first-order valence-electron chi connectivity index (χ1n) is 7.79. The molecule has 3 heteroatoms. The van der Waals surface area contributed by atoms with E-state index in [-0.39, 0.29) is 0 Å². The van der Waals surface area contributed by atoms with Crippen molar-refractivity contribution in [3.8, 4) is 0 Å². The number of nitrogens with one attached hydrogen (secondary N) is 1. The molecule has 1 N–H and O–H groups in total. The van der Waals surface area contributed by atoms with E-state index < -0.39 is 0 Å². The Balaban J connectivity index is 1.67. The zero-order valence-corrected chi connectivity index (χ0v) is 12.4. The summed E-state index contributed by atoms with van der Waals surface area (Å²) in [6, 6.07) is 21.5. The fraction of sp³-hybridized carbons (Fsp3) is 0.211. The third kappa shape index (κ3) is 2.39. The first kappa shape index (κ1) is 13.1. The van der Waals surface area contributed by atoms with Gasteiger partial charge < -0.3 is 4.90 Å². The smallest absolute Gasteiger partial charge is 0.0490 e. The molecule has 1 aliphatic rings. The van der Waals surface area contributed by atoms with Crippen molar-refractivity contribution in [2.45, 2.75) is 18.9 Å². The second kappa shape index (κ2) is 5.68. The van der Waals surface area contributed by atoms with Gasteiger partial charge in [-0.15, -0.1) is 0 Å². The van der Waals surface area contributed by atoms with Gasteiger partial charge in [-0.1, -0.05) is 48.5 Å². The Morgan fingerprint density at radius 3 is 2.64 bits per heavy atom. The molecule has 1 aromatic heterocycles. The molecule has 4 rings (SSSR count). The highest BCUT2D eigenvalue weighted by Crippen LogP contribution is 2.38. The maximum absolute atomic E-state index is 4.12. The first-order valence-corrected chi connectivity index (χ1v) is 7.79. The van der Waals surface area contributed by atoms with Gasteiger partial charge in [0.2, 0.25) is 0 Å². The van der Waals surface area contributed by atoms with E-state index in [0.29, 0.717) is 5.92 Å². The number of aromatic amines is 1. The van der Waals surface area contributed by atoms with Crippen molar-refractivity contribution >= 4 is 5.69 Å². The number of para-hydroxylation sites is 1. The Morgan fingerprint density at radius 2 is 1.82 bits per heavy atom. The van der Waals surface area contributed by atoms with Crippen LogP contribution < -0.4 is 4.90 Å². The zero-order valence-electron chi connectivity index (χ0n) is 12.4. The van der Waals surface area contributed by atoms with E-state index in [4.69, 9.17) is 0 Å². The summed E-state index contributed by atoms with van der Waals surface area (Å²) in [6.07, 6.45) is 2.96. The molecule has 110 valence electrons. The maximum Gasteiger partial charge on any atom is 0.0490 e. The summed E-state index contributed by atoms with van der Waals surface area (Å²) in [5.41, 5.74) is 5.32. The van der Waals surface area contributed by atoms with Gasteiger partial charge in [0.25, 0.3) is 0 Å². The quantitative estimate of drug-likeness (QED) is 0.791. The number of fused-ring (bicyclic) bond motifs is 1. The number of nitrogens with zero attached hydrogens (tertiary/aromatic N) is 2. The average molecular weight is 289 g/mol. The Hall–Kier alpha value is -2.55. The van der Waals surface area contributed by atoms with Crippen LogP contribution >= 0.6 is 0 Å². The monoisotopic (exact) mass is 289 g/mol. The molecule has 1 atom stereocenters. The van der Waals surface area contributed by atoms with Crippen molar-refractivity contribution < 1.29 is 0 Å². The molecule has 2 aromatic carbocycles. The number of rotatable bonds is 3. The molecule has 3 aromatic rings. The summed E-state index contributed by atoms with van der Waals surface area (Å²) in [7, 11) is 0. The van der Waals surface area contributed by atoms with Gasteiger partial charge in [-0.25, -0.2) is 0 Å². The minimum Gasteiger partial charge on any atom is -0.367 e. The van der Waals surface area contributed by atoms with Crippen LogP contribution in [0.2, 0.25) is 0 Å². The van der Waals surface area contributed by atoms with Crippen molar-refractivity contribution in [2.75, 3.05) is 11.4 Å². The standard InChI is InChI=1S/C19H19N3/c1-2-6-15(7-3-1)14-22-13-11-16(18-10-12-20-21-18)17-8-4-5-9-19(17)22/h1-10,12,16H,11,13-14H2,(H,20,21)/t16-/m1/s1. The molecule has 22 heavy (non-hydrogen) atoms. The molecule has 1 aliphatic heterocycles. The van der Waals surface area contributed by atoms with Crippen molar-refractivity contribution in [3.05, 3.63) is 83.7 Å². The lowest BCUT2D eigenvalue weighted by Gasteiger charge is -2.35. The molecule has 0 radical (unpaired) electrons. The lowest BCUT2D eigenvalue weighted by Crippen LogP contribution is -2.31. The molecule has 0 spiro atoms. The minimum absolute atomic E-state index is 0.422. The van der Waals surface area contributed by atoms with Crippen LogP contribution in [-0.4, -0.2) is 16.7 Å². The molecule has 0 bridgehead atoms. The maximum atomic E-state index is 4.12. The Kier molecular flexibility index (Phi) is 3.39. The van der Waals surface area contributed by atoms with Gasteiger partial charge in [0.05, 0.1) is 0 Å². The topological polar surface area (TPSA) is 31.9 Å². The largest absolute Gasteiger partial charge is 0.367 e. The summed E-state index contributed by atoms with van der Waals surface area (Å²) in [5.74, 6) is 0.422. The van der Waals surface area contributed by atoms with E-state index in [1.165, 1.54) is 22.5 Å². The number of H-pyrrole nitrogens is 1. The summed E-state index contributed by atoms with van der Waals surface area (Å²) >= 11 is 0. The van der Waals surface area contributed by atoms with Crippen LogP contribution in [0.5, 0.6) is 0 Å². The second-order valence-corrected chi connectivity index (χ2v) is 5.82. The molecule has 0 aliphatic carbocycles. The lowest BCUT2D eigenvalue weighted by atomic mass is 9.87. The Labute approximate surface area is 130 Å². The van der Waals surface area contributed by atoms with Gasteiger partial charge in [0.15, 0.2) is 0 Å². The summed E-state index contributed by atoms with van der Waals surface area (Å²) in [6.45, 7) is 2.03. The molecular formula is C19H19N3. The van der Waals surface area contributed by atoms with E-state index in [9.17, 15) is 0 Å². The van der Waals surface area contributed by atoms with E-state index in [0.717, 1.165) is 19.5 Å². The Morgan fingerprint density at radius 1 is 1.00 bits per heavy atom. The molecule has 0 unspecified atom stereocenters. The predicted octanol–water partition coefficient (Wildman–Crippen LogP) is 3.95. The highest BCUT2D eigenvalue weighted by atomic mass is 15.1. The van der Waals surface area contributed by atoms with Gasteiger partial charge in [0, 0.05) is 36.6 Å². The molecule has 0 amide bonds. The number of hydrogen-bond acceptors (Lipinski definition) is 2. The summed E-state index contributed by atoms with van der Waals surface area (Å²) in [5, 5.41) is 7.26. The molecule has 0 fully saturated rings. The van der Waals surface area contributed by atoms with Crippen molar-refractivity contribution in [3.63, 3.8) is 0 Å². The number of anilines is 1. The van der Waals surface area contributed by atoms with Gasteiger partial charge >= 0.3 is 0 Å². The van der Waals surface area contributed by atoms with Gasteiger partial charge in [0.1, 0.15) is 0 Å². The van der Waals surface area contributed by atoms with Crippen LogP contribution in [0.4, 0.5) is 5.69 Å². The van der Waals surface area contributed by atoms with Crippen LogP contribution in [-0.2, 0) is 6.54 Å². The normalized spacial score (nSPS) is 17.3. The van der Waals surface area contributed by atoms with Crippen molar-refractivity contribution in [1.29, 1.82) is 0 Å². The van der Waals surface area contributed by atoms with Gasteiger partial charge in [-0.3, -0.25) is 5.10 Å². The van der Waals surface area contributed by atoms with E-state index in [1.54, 1.807) is 0 Å². The van der Waals surface area contributed by atoms with Crippen molar-refractivity contribution in [1.82, 2.24) is 10.2 Å². The molecule has 0 saturated carbocycles. The predicted molar refractivity (Wildman–Crippen MR) is 89.0 cm³/mol. The Bertz CT molecular complexity index is 734. The molecule has 3 nitrogen and oxygen atoms in total. The van der Waals surface area contributed by atoms with E-state index in [1.807, 2.05) is 6.20 Å². The SMILES string of the molecule is c1ccc(CN2CC[C@@H](c3ccn[nH]3)c3ccccc32)cc1. The van der Waals surface area contributed by atoms with Crippen LogP contribution in [0.15, 0.2) is 66.9 Å². The van der Waals surface area contributed by atoms with Crippen LogP contribution in [0, 0.1) is 0 Å². The lowest BCUT2D eigenvalue weighted by molar-refractivity contribution is 0.620. The fourth-order valence-corrected chi connectivity index (χ4v) is 3.38. The molecule has 0 saturated heterocycles. The minimum atomic E-state index is 0.422.